The molecule has 0 spiro atoms. The Morgan fingerprint density at radius 1 is 1.22 bits per heavy atom. The Morgan fingerprint density at radius 2 is 1.87 bits per heavy atom. The van der Waals surface area contributed by atoms with Gasteiger partial charge in [-0.1, -0.05) is 26.2 Å². The van der Waals surface area contributed by atoms with Crippen LogP contribution in [0.15, 0.2) is 0 Å². The summed E-state index contributed by atoms with van der Waals surface area (Å²) < 4.78 is 27.7. The SMILES string of the molecule is CCCCCCOC(=O)NC(CS(C)(=O)=O)C(=O)NC(C)C#N. The number of amides is 2. The summed E-state index contributed by atoms with van der Waals surface area (Å²) in [5, 5.41) is 13.2. The van der Waals surface area contributed by atoms with Crippen LogP contribution < -0.4 is 10.6 Å². The highest BCUT2D eigenvalue weighted by molar-refractivity contribution is 7.90. The van der Waals surface area contributed by atoms with E-state index in [-0.39, 0.29) is 6.61 Å². The van der Waals surface area contributed by atoms with Crippen LogP contribution in [0.3, 0.4) is 0 Å². The van der Waals surface area contributed by atoms with E-state index in [9.17, 15) is 18.0 Å². The molecule has 23 heavy (non-hydrogen) atoms. The summed E-state index contributed by atoms with van der Waals surface area (Å²) >= 11 is 0. The first kappa shape index (κ1) is 21.2. The molecule has 0 aromatic carbocycles. The van der Waals surface area contributed by atoms with Gasteiger partial charge in [-0.3, -0.25) is 4.79 Å². The van der Waals surface area contributed by atoms with E-state index in [4.69, 9.17) is 10.00 Å². The Balaban J connectivity index is 4.54. The van der Waals surface area contributed by atoms with E-state index in [1.807, 2.05) is 0 Å². The molecule has 9 heteroatoms. The number of rotatable bonds is 10. The fourth-order valence-electron chi connectivity index (χ4n) is 1.71. The summed E-state index contributed by atoms with van der Waals surface area (Å²) in [4.78, 5) is 23.6. The van der Waals surface area contributed by atoms with Crippen molar-refractivity contribution in [3.63, 3.8) is 0 Å². The van der Waals surface area contributed by atoms with Crippen molar-refractivity contribution in [1.82, 2.24) is 10.6 Å². The maximum absolute atomic E-state index is 11.9. The van der Waals surface area contributed by atoms with Gasteiger partial charge in [-0.2, -0.15) is 5.26 Å². The molecule has 0 saturated carbocycles. The van der Waals surface area contributed by atoms with Crippen LogP contribution in [-0.4, -0.2) is 51.1 Å². The van der Waals surface area contributed by atoms with E-state index in [1.54, 1.807) is 6.07 Å². The molecule has 2 N–H and O–H groups in total. The van der Waals surface area contributed by atoms with Gasteiger partial charge >= 0.3 is 6.09 Å². The predicted octanol–water partition coefficient (Wildman–Crippen LogP) is 0.734. The van der Waals surface area contributed by atoms with Crippen LogP contribution in [0.1, 0.15) is 39.5 Å². The zero-order valence-electron chi connectivity index (χ0n) is 13.8. The molecule has 0 aromatic rings. The van der Waals surface area contributed by atoms with Crippen molar-refractivity contribution in [3.05, 3.63) is 0 Å². The lowest BCUT2D eigenvalue weighted by Crippen LogP contribution is -2.52. The van der Waals surface area contributed by atoms with Gasteiger partial charge in [0, 0.05) is 6.26 Å². The van der Waals surface area contributed by atoms with Crippen molar-refractivity contribution in [2.45, 2.75) is 51.6 Å². The molecule has 0 aliphatic heterocycles. The van der Waals surface area contributed by atoms with Gasteiger partial charge in [-0.25, -0.2) is 13.2 Å². The lowest BCUT2D eigenvalue weighted by Gasteiger charge is -2.18. The third-order valence-corrected chi connectivity index (χ3v) is 3.80. The quantitative estimate of drug-likeness (QED) is 0.561. The molecule has 0 heterocycles. The molecule has 2 unspecified atom stereocenters. The molecular formula is C14H25N3O5S. The van der Waals surface area contributed by atoms with Crippen LogP contribution in [-0.2, 0) is 19.4 Å². The molecule has 0 aromatic heterocycles. The van der Waals surface area contributed by atoms with Crippen LogP contribution in [0.5, 0.6) is 0 Å². The molecule has 8 nitrogen and oxygen atoms in total. The standard InChI is InChI=1S/C14H25N3O5S/c1-4-5-6-7-8-22-14(19)17-12(10-23(3,20)21)13(18)16-11(2)9-15/h11-12H,4-8,10H2,1-3H3,(H,16,18)(H,17,19). The zero-order valence-corrected chi connectivity index (χ0v) is 14.6. The molecule has 132 valence electrons. The van der Waals surface area contributed by atoms with Gasteiger partial charge in [0.05, 0.1) is 18.4 Å². The van der Waals surface area contributed by atoms with Gasteiger partial charge in [0.15, 0.2) is 0 Å². The average molecular weight is 347 g/mol. The first-order valence-corrected chi connectivity index (χ1v) is 9.56. The Bertz CT molecular complexity index is 527. The minimum Gasteiger partial charge on any atom is -0.450 e. The van der Waals surface area contributed by atoms with Crippen molar-refractivity contribution in [2.24, 2.45) is 0 Å². The normalized spacial score (nSPS) is 13.5. The summed E-state index contributed by atoms with van der Waals surface area (Å²) in [7, 11) is -3.50. The second-order valence-corrected chi connectivity index (χ2v) is 7.53. The van der Waals surface area contributed by atoms with Crippen LogP contribution in [0, 0.1) is 11.3 Å². The third kappa shape index (κ3) is 11.4. The molecule has 2 atom stereocenters. The van der Waals surface area contributed by atoms with Gasteiger partial charge in [-0.05, 0) is 13.3 Å². The molecule has 0 fully saturated rings. The average Bonchev–Trinajstić information content (AvgIpc) is 2.44. The number of carbonyl (C=O) groups is 2. The van der Waals surface area contributed by atoms with Crippen molar-refractivity contribution >= 4 is 21.8 Å². The molecule has 0 saturated heterocycles. The maximum atomic E-state index is 11.9. The van der Waals surface area contributed by atoms with E-state index < -0.39 is 39.7 Å². The highest BCUT2D eigenvalue weighted by Crippen LogP contribution is 2.00. The molecule has 0 rings (SSSR count). The van der Waals surface area contributed by atoms with E-state index in [0.29, 0.717) is 6.42 Å². The minimum absolute atomic E-state index is 0.202. The largest absolute Gasteiger partial charge is 0.450 e. The monoisotopic (exact) mass is 347 g/mol. The lowest BCUT2D eigenvalue weighted by atomic mass is 10.2. The summed E-state index contributed by atoms with van der Waals surface area (Å²) in [6, 6.07) is -0.302. The molecule has 2 amide bonds. The van der Waals surface area contributed by atoms with Crippen LogP contribution in [0.4, 0.5) is 4.79 Å². The van der Waals surface area contributed by atoms with Crippen LogP contribution in [0.2, 0.25) is 0 Å². The smallest absolute Gasteiger partial charge is 0.407 e. The van der Waals surface area contributed by atoms with Crippen molar-refractivity contribution < 1.29 is 22.7 Å². The fourth-order valence-corrected chi connectivity index (χ4v) is 2.55. The number of ether oxygens (including phenoxy) is 1. The number of alkyl carbamates (subject to hydrolysis) is 1. The second kappa shape index (κ2) is 10.8. The maximum Gasteiger partial charge on any atom is 0.407 e. The highest BCUT2D eigenvalue weighted by atomic mass is 32.2. The van der Waals surface area contributed by atoms with E-state index in [2.05, 4.69) is 17.6 Å². The Labute approximate surface area is 137 Å². The number of nitrogens with zero attached hydrogens (tertiary/aromatic N) is 1. The first-order valence-electron chi connectivity index (χ1n) is 7.50. The molecule has 0 aliphatic carbocycles. The van der Waals surface area contributed by atoms with E-state index in [1.165, 1.54) is 6.92 Å². The Hall–Kier alpha value is -1.82. The number of sulfone groups is 1. The number of nitrogens with one attached hydrogen (secondary N) is 2. The first-order chi connectivity index (χ1) is 10.7. The number of hydrogen-bond acceptors (Lipinski definition) is 6. The summed E-state index contributed by atoms with van der Waals surface area (Å²) in [5.41, 5.74) is 0. The summed E-state index contributed by atoms with van der Waals surface area (Å²) in [6.45, 7) is 3.71. The topological polar surface area (TPSA) is 125 Å². The molecule has 0 bridgehead atoms. The summed E-state index contributed by atoms with van der Waals surface area (Å²) in [6.07, 6.45) is 3.83. The second-order valence-electron chi connectivity index (χ2n) is 5.35. The predicted molar refractivity (Wildman–Crippen MR) is 85.3 cm³/mol. The van der Waals surface area contributed by atoms with Gasteiger partial charge in [0.25, 0.3) is 0 Å². The van der Waals surface area contributed by atoms with E-state index in [0.717, 1.165) is 25.5 Å². The van der Waals surface area contributed by atoms with Gasteiger partial charge < -0.3 is 15.4 Å². The van der Waals surface area contributed by atoms with Gasteiger partial charge in [0.1, 0.15) is 21.9 Å². The minimum atomic E-state index is -3.50. The van der Waals surface area contributed by atoms with E-state index >= 15 is 0 Å². The number of nitriles is 1. The van der Waals surface area contributed by atoms with Crippen molar-refractivity contribution in [2.75, 3.05) is 18.6 Å². The third-order valence-electron chi connectivity index (χ3n) is 2.86. The van der Waals surface area contributed by atoms with Crippen molar-refractivity contribution in [1.29, 1.82) is 5.26 Å². The lowest BCUT2D eigenvalue weighted by molar-refractivity contribution is -0.122. The molecular weight excluding hydrogens is 322 g/mol. The highest BCUT2D eigenvalue weighted by Gasteiger charge is 2.26. The molecule has 0 aliphatic rings. The van der Waals surface area contributed by atoms with Crippen LogP contribution in [0.25, 0.3) is 0 Å². The number of hydrogen-bond donors (Lipinski definition) is 2. The van der Waals surface area contributed by atoms with Crippen LogP contribution >= 0.6 is 0 Å². The number of carbonyl (C=O) groups excluding carboxylic acids is 2. The van der Waals surface area contributed by atoms with Gasteiger partial charge in [0.2, 0.25) is 5.91 Å². The Morgan fingerprint density at radius 3 is 2.39 bits per heavy atom. The van der Waals surface area contributed by atoms with Gasteiger partial charge in [-0.15, -0.1) is 0 Å². The van der Waals surface area contributed by atoms with Crippen molar-refractivity contribution in [3.8, 4) is 6.07 Å². The zero-order chi connectivity index (χ0) is 17.9. The Kier molecular flexibility index (Phi) is 9.97. The molecule has 0 radical (unpaired) electrons. The number of unbranched alkanes of at least 4 members (excludes halogenated alkanes) is 3. The summed E-state index contributed by atoms with van der Waals surface area (Å²) in [5.74, 6) is -1.31. The fraction of sp³-hybridized carbons (Fsp3) is 0.786.